The summed E-state index contributed by atoms with van der Waals surface area (Å²) in [6.45, 7) is 1.66. The van der Waals surface area contributed by atoms with Crippen molar-refractivity contribution < 1.29 is 14.3 Å². The molecule has 148 valence electrons. The molecule has 2 N–H and O–H groups in total. The van der Waals surface area contributed by atoms with E-state index >= 15 is 0 Å². The van der Waals surface area contributed by atoms with Crippen LogP contribution in [-0.2, 0) is 4.79 Å². The van der Waals surface area contributed by atoms with E-state index in [1.807, 2.05) is 6.92 Å². The highest BCUT2D eigenvalue weighted by Gasteiger charge is 2.09. The topological polar surface area (TPSA) is 67.4 Å². The predicted octanol–water partition coefficient (Wildman–Crippen LogP) is 5.57. The highest BCUT2D eigenvalue weighted by Crippen LogP contribution is 2.23. The number of ether oxygens (including phenoxy) is 1. The van der Waals surface area contributed by atoms with Crippen LogP contribution in [0.3, 0.4) is 0 Å². The van der Waals surface area contributed by atoms with Gasteiger partial charge in [-0.1, -0.05) is 29.3 Å². The van der Waals surface area contributed by atoms with Crippen molar-refractivity contribution in [1.29, 1.82) is 0 Å². The van der Waals surface area contributed by atoms with E-state index in [-0.39, 0.29) is 18.4 Å². The van der Waals surface area contributed by atoms with Gasteiger partial charge >= 0.3 is 0 Å². The summed E-state index contributed by atoms with van der Waals surface area (Å²) < 4.78 is 5.48. The molecule has 29 heavy (non-hydrogen) atoms. The van der Waals surface area contributed by atoms with Gasteiger partial charge in [0.15, 0.2) is 6.61 Å². The van der Waals surface area contributed by atoms with Gasteiger partial charge < -0.3 is 15.4 Å². The molecule has 3 rings (SSSR count). The molecule has 2 amide bonds. The molecular weight excluding hydrogens is 411 g/mol. The van der Waals surface area contributed by atoms with E-state index in [9.17, 15) is 9.59 Å². The van der Waals surface area contributed by atoms with Crippen LogP contribution in [0.15, 0.2) is 66.7 Å². The Morgan fingerprint density at radius 3 is 2.28 bits per heavy atom. The van der Waals surface area contributed by atoms with Crippen LogP contribution >= 0.6 is 23.2 Å². The second kappa shape index (κ2) is 9.45. The van der Waals surface area contributed by atoms with Gasteiger partial charge in [-0.2, -0.15) is 0 Å². The summed E-state index contributed by atoms with van der Waals surface area (Å²) in [7, 11) is 0. The van der Waals surface area contributed by atoms with Crippen LogP contribution in [0.25, 0.3) is 0 Å². The van der Waals surface area contributed by atoms with E-state index in [2.05, 4.69) is 10.6 Å². The van der Waals surface area contributed by atoms with Crippen LogP contribution in [0, 0.1) is 6.92 Å². The Hall–Kier alpha value is -3.02. The fraction of sp³-hybridized carbons (Fsp3) is 0.0909. The summed E-state index contributed by atoms with van der Waals surface area (Å²) in [4.78, 5) is 24.4. The molecule has 5 nitrogen and oxygen atoms in total. The number of benzene rings is 3. The van der Waals surface area contributed by atoms with Crippen LogP contribution in [0.5, 0.6) is 5.75 Å². The zero-order chi connectivity index (χ0) is 20.8. The third kappa shape index (κ3) is 5.73. The van der Waals surface area contributed by atoms with Gasteiger partial charge in [-0.3, -0.25) is 9.59 Å². The van der Waals surface area contributed by atoms with Crippen LogP contribution in [0.4, 0.5) is 11.4 Å². The second-order valence-corrected chi connectivity index (χ2v) is 7.08. The van der Waals surface area contributed by atoms with Gasteiger partial charge in [0.2, 0.25) is 0 Å². The summed E-state index contributed by atoms with van der Waals surface area (Å²) in [6, 6.07) is 18.6. The van der Waals surface area contributed by atoms with E-state index in [4.69, 9.17) is 27.9 Å². The first-order valence-corrected chi connectivity index (χ1v) is 9.53. The van der Waals surface area contributed by atoms with E-state index in [1.54, 1.807) is 66.7 Å². The van der Waals surface area contributed by atoms with Crippen molar-refractivity contribution in [2.45, 2.75) is 6.92 Å². The average Bonchev–Trinajstić information content (AvgIpc) is 2.72. The molecule has 3 aromatic carbocycles. The Balaban J connectivity index is 1.53. The lowest BCUT2D eigenvalue weighted by Gasteiger charge is -2.11. The smallest absolute Gasteiger partial charge is 0.262 e. The number of carbonyl (C=O) groups is 2. The van der Waals surface area contributed by atoms with Gasteiger partial charge in [0.05, 0.1) is 0 Å². The molecule has 0 aliphatic heterocycles. The molecule has 3 aromatic rings. The monoisotopic (exact) mass is 428 g/mol. The Morgan fingerprint density at radius 2 is 1.59 bits per heavy atom. The number of rotatable bonds is 6. The van der Waals surface area contributed by atoms with Crippen LogP contribution in [0.1, 0.15) is 15.9 Å². The van der Waals surface area contributed by atoms with Crippen molar-refractivity contribution in [2.75, 3.05) is 17.2 Å². The summed E-state index contributed by atoms with van der Waals surface area (Å²) >= 11 is 11.9. The van der Waals surface area contributed by atoms with Gasteiger partial charge in [0, 0.05) is 27.0 Å². The van der Waals surface area contributed by atoms with Crippen LogP contribution in [-0.4, -0.2) is 18.4 Å². The summed E-state index contributed by atoms with van der Waals surface area (Å²) in [6.07, 6.45) is 0. The molecule has 0 unspecified atom stereocenters. The van der Waals surface area contributed by atoms with Crippen molar-refractivity contribution in [1.82, 2.24) is 0 Å². The van der Waals surface area contributed by atoms with Crippen molar-refractivity contribution in [2.24, 2.45) is 0 Å². The van der Waals surface area contributed by atoms with Gasteiger partial charge in [-0.05, 0) is 73.2 Å². The zero-order valence-electron chi connectivity index (χ0n) is 15.5. The Kier molecular flexibility index (Phi) is 6.75. The maximum Gasteiger partial charge on any atom is 0.262 e. The molecule has 0 fully saturated rings. The van der Waals surface area contributed by atoms with E-state index in [1.165, 1.54) is 0 Å². The van der Waals surface area contributed by atoms with E-state index < -0.39 is 0 Å². The third-order valence-electron chi connectivity index (χ3n) is 4.13. The molecule has 0 aliphatic carbocycles. The molecule has 0 atom stereocenters. The van der Waals surface area contributed by atoms with Gasteiger partial charge in [-0.15, -0.1) is 0 Å². The first kappa shape index (κ1) is 20.7. The molecule has 0 spiro atoms. The number of carbonyl (C=O) groups excluding carboxylic acids is 2. The van der Waals surface area contributed by atoms with Crippen molar-refractivity contribution >= 4 is 46.4 Å². The Bertz CT molecular complexity index is 1020. The molecule has 0 aliphatic rings. The van der Waals surface area contributed by atoms with Crippen molar-refractivity contribution in [3.05, 3.63) is 87.9 Å². The molecule has 0 saturated carbocycles. The number of hydrogen-bond acceptors (Lipinski definition) is 3. The standard InChI is InChI=1S/C22H18Cl2N2O3/c1-14-19(24)3-2-4-20(14)26-21(27)13-29-18-11-5-15(6-12-18)22(28)25-17-9-7-16(23)8-10-17/h2-12H,13H2,1H3,(H,25,28)(H,26,27). The largest absolute Gasteiger partial charge is 0.484 e. The zero-order valence-corrected chi connectivity index (χ0v) is 17.1. The lowest BCUT2D eigenvalue weighted by Crippen LogP contribution is -2.20. The normalized spacial score (nSPS) is 10.3. The SMILES string of the molecule is Cc1c(Cl)cccc1NC(=O)COc1ccc(C(=O)Nc2ccc(Cl)cc2)cc1. The van der Waals surface area contributed by atoms with E-state index in [0.717, 1.165) is 5.56 Å². The second-order valence-electron chi connectivity index (χ2n) is 6.23. The lowest BCUT2D eigenvalue weighted by molar-refractivity contribution is -0.118. The van der Waals surface area contributed by atoms with Crippen molar-refractivity contribution in [3.63, 3.8) is 0 Å². The quantitative estimate of drug-likeness (QED) is 0.538. The van der Waals surface area contributed by atoms with Crippen LogP contribution < -0.4 is 15.4 Å². The maximum atomic E-state index is 12.3. The van der Waals surface area contributed by atoms with E-state index in [0.29, 0.717) is 32.7 Å². The minimum absolute atomic E-state index is 0.164. The van der Waals surface area contributed by atoms with Gasteiger partial charge in [0.25, 0.3) is 11.8 Å². The molecule has 7 heteroatoms. The van der Waals surface area contributed by atoms with Gasteiger partial charge in [0.1, 0.15) is 5.75 Å². The maximum absolute atomic E-state index is 12.3. The number of amides is 2. The Labute approximate surface area is 178 Å². The molecule has 0 radical (unpaired) electrons. The summed E-state index contributed by atoms with van der Waals surface area (Å²) in [5.74, 6) is -0.0843. The highest BCUT2D eigenvalue weighted by atomic mass is 35.5. The molecule has 0 heterocycles. The molecule has 0 aromatic heterocycles. The fourth-order valence-corrected chi connectivity index (χ4v) is 2.82. The fourth-order valence-electron chi connectivity index (χ4n) is 2.52. The number of nitrogens with one attached hydrogen (secondary N) is 2. The predicted molar refractivity (Wildman–Crippen MR) is 116 cm³/mol. The van der Waals surface area contributed by atoms with Crippen LogP contribution in [0.2, 0.25) is 10.0 Å². The minimum atomic E-state index is -0.306. The molecule has 0 bridgehead atoms. The summed E-state index contributed by atoms with van der Waals surface area (Å²) in [5, 5.41) is 6.72. The number of halogens is 2. The first-order chi connectivity index (χ1) is 13.9. The highest BCUT2D eigenvalue weighted by molar-refractivity contribution is 6.31. The molecular formula is C22H18Cl2N2O3. The average molecular weight is 429 g/mol. The first-order valence-electron chi connectivity index (χ1n) is 8.77. The summed E-state index contributed by atoms with van der Waals surface area (Å²) in [5.41, 5.74) is 2.54. The van der Waals surface area contributed by atoms with Gasteiger partial charge in [-0.25, -0.2) is 0 Å². The Morgan fingerprint density at radius 1 is 0.897 bits per heavy atom. The number of anilines is 2. The third-order valence-corrected chi connectivity index (χ3v) is 4.79. The molecule has 0 saturated heterocycles. The van der Waals surface area contributed by atoms with Crippen molar-refractivity contribution in [3.8, 4) is 5.75 Å². The number of hydrogen-bond donors (Lipinski definition) is 2. The minimum Gasteiger partial charge on any atom is -0.484 e. The lowest BCUT2D eigenvalue weighted by atomic mass is 10.2.